The van der Waals surface area contributed by atoms with Crippen molar-refractivity contribution in [2.24, 2.45) is 0 Å². The number of hydrogen-bond donors (Lipinski definition) is 0. The lowest BCUT2D eigenvalue weighted by Crippen LogP contribution is -2.27. The first-order valence-corrected chi connectivity index (χ1v) is 12.5. The van der Waals surface area contributed by atoms with Gasteiger partial charge < -0.3 is 0 Å². The topological polar surface area (TPSA) is 86.7 Å². The second-order valence-electron chi connectivity index (χ2n) is 7.23. The van der Waals surface area contributed by atoms with E-state index in [-0.39, 0.29) is 16.2 Å². The van der Waals surface area contributed by atoms with Gasteiger partial charge in [0.2, 0.25) is 0 Å². The third-order valence-corrected chi connectivity index (χ3v) is 7.27. The van der Waals surface area contributed by atoms with Crippen LogP contribution in [0.25, 0.3) is 0 Å². The van der Waals surface area contributed by atoms with Crippen molar-refractivity contribution in [3.05, 3.63) is 95.6 Å². The molecule has 0 aliphatic carbocycles. The molecule has 0 bridgehead atoms. The maximum atomic E-state index is 12.7. The van der Waals surface area contributed by atoms with Crippen LogP contribution in [0.1, 0.15) is 16.7 Å². The Bertz CT molecular complexity index is 1200. The van der Waals surface area contributed by atoms with Crippen LogP contribution in [-0.2, 0) is 35.0 Å². The fourth-order valence-corrected chi connectivity index (χ4v) is 4.87. The van der Waals surface area contributed by atoms with Crippen LogP contribution in [0.15, 0.2) is 88.7 Å². The SMILES string of the molecule is Cc1ccc(S(=O)(=O)OC[C@@H](Cc2ccccc2)OS(=O)(=O)c2ccc(C)cc2)cc1. The molecule has 0 aromatic heterocycles. The van der Waals surface area contributed by atoms with Gasteiger partial charge in [-0.15, -0.1) is 0 Å². The molecule has 0 saturated heterocycles. The minimum absolute atomic E-state index is 0.00190. The molecule has 3 rings (SSSR count). The van der Waals surface area contributed by atoms with Gasteiger partial charge in [-0.05, 0) is 43.7 Å². The smallest absolute Gasteiger partial charge is 0.264 e. The van der Waals surface area contributed by atoms with E-state index in [2.05, 4.69) is 0 Å². The van der Waals surface area contributed by atoms with Crippen LogP contribution in [0.2, 0.25) is 0 Å². The molecule has 1 atom stereocenters. The lowest BCUT2D eigenvalue weighted by molar-refractivity contribution is 0.137. The van der Waals surface area contributed by atoms with Gasteiger partial charge in [0, 0.05) is 6.42 Å². The Balaban J connectivity index is 1.80. The normalized spacial score (nSPS) is 13.1. The van der Waals surface area contributed by atoms with E-state index in [1.807, 2.05) is 44.2 Å². The van der Waals surface area contributed by atoms with Gasteiger partial charge in [-0.25, -0.2) is 0 Å². The Kier molecular flexibility index (Phi) is 7.27. The standard InChI is InChI=1S/C23H24O6S2/c1-18-8-12-22(13-9-18)30(24,25)28-17-21(16-20-6-4-3-5-7-20)29-31(26,27)23-14-10-19(2)11-15-23/h3-15,21H,16-17H2,1-2H3/t21-/m1/s1. The molecule has 0 amide bonds. The number of benzene rings is 3. The van der Waals surface area contributed by atoms with Gasteiger partial charge in [0.15, 0.2) is 0 Å². The molecule has 0 saturated carbocycles. The molecular formula is C23H24O6S2. The van der Waals surface area contributed by atoms with Gasteiger partial charge in [-0.1, -0.05) is 65.7 Å². The average molecular weight is 461 g/mol. The summed E-state index contributed by atoms with van der Waals surface area (Å²) in [6, 6.07) is 21.5. The summed E-state index contributed by atoms with van der Waals surface area (Å²) in [5, 5.41) is 0. The Labute approximate surface area is 183 Å². The van der Waals surface area contributed by atoms with E-state index < -0.39 is 32.9 Å². The first-order chi connectivity index (χ1) is 14.7. The largest absolute Gasteiger partial charge is 0.297 e. The average Bonchev–Trinajstić information content (AvgIpc) is 2.73. The van der Waals surface area contributed by atoms with Crippen LogP contribution < -0.4 is 0 Å². The predicted octanol–water partition coefficient (Wildman–Crippen LogP) is 4.03. The van der Waals surface area contributed by atoms with Crippen molar-refractivity contribution in [3.8, 4) is 0 Å². The maximum Gasteiger partial charge on any atom is 0.297 e. The van der Waals surface area contributed by atoms with Crippen LogP contribution in [0.3, 0.4) is 0 Å². The van der Waals surface area contributed by atoms with E-state index in [1.54, 1.807) is 24.3 Å². The Morgan fingerprint density at radius 1 is 0.677 bits per heavy atom. The van der Waals surface area contributed by atoms with Crippen molar-refractivity contribution in [2.45, 2.75) is 36.2 Å². The third-order valence-electron chi connectivity index (χ3n) is 4.60. The fourth-order valence-electron chi connectivity index (χ4n) is 2.88. The minimum Gasteiger partial charge on any atom is -0.264 e. The molecule has 0 radical (unpaired) electrons. The van der Waals surface area contributed by atoms with E-state index >= 15 is 0 Å². The van der Waals surface area contributed by atoms with Gasteiger partial charge in [0.25, 0.3) is 20.2 Å². The molecule has 3 aromatic carbocycles. The predicted molar refractivity (Wildman–Crippen MR) is 118 cm³/mol. The monoisotopic (exact) mass is 460 g/mol. The Morgan fingerprint density at radius 3 is 1.68 bits per heavy atom. The highest BCUT2D eigenvalue weighted by Gasteiger charge is 2.25. The quantitative estimate of drug-likeness (QED) is 0.448. The zero-order valence-corrected chi connectivity index (χ0v) is 18.9. The Morgan fingerprint density at radius 2 is 1.16 bits per heavy atom. The molecule has 31 heavy (non-hydrogen) atoms. The van der Waals surface area contributed by atoms with Crippen LogP contribution in [0.5, 0.6) is 0 Å². The lowest BCUT2D eigenvalue weighted by atomic mass is 10.1. The molecule has 164 valence electrons. The highest BCUT2D eigenvalue weighted by atomic mass is 32.2. The second-order valence-corrected chi connectivity index (χ2v) is 10.4. The van der Waals surface area contributed by atoms with Crippen molar-refractivity contribution in [2.75, 3.05) is 6.61 Å². The van der Waals surface area contributed by atoms with Gasteiger partial charge in [0.1, 0.15) is 6.10 Å². The van der Waals surface area contributed by atoms with Crippen molar-refractivity contribution < 1.29 is 25.2 Å². The van der Waals surface area contributed by atoms with Gasteiger partial charge in [0.05, 0.1) is 16.4 Å². The van der Waals surface area contributed by atoms with Gasteiger partial charge >= 0.3 is 0 Å². The summed E-state index contributed by atoms with van der Waals surface area (Å²) in [6.45, 7) is 3.24. The lowest BCUT2D eigenvalue weighted by Gasteiger charge is -2.18. The van der Waals surface area contributed by atoms with E-state index in [9.17, 15) is 16.8 Å². The van der Waals surface area contributed by atoms with E-state index in [0.717, 1.165) is 16.7 Å². The fraction of sp³-hybridized carbons (Fsp3) is 0.217. The summed E-state index contributed by atoms with van der Waals surface area (Å²) in [5.74, 6) is 0. The molecule has 3 aromatic rings. The molecule has 0 aliphatic heterocycles. The number of aryl methyl sites for hydroxylation is 2. The third kappa shape index (κ3) is 6.48. The Hall–Kier alpha value is -2.52. The molecule has 0 aliphatic rings. The summed E-state index contributed by atoms with van der Waals surface area (Å²) in [5.41, 5.74) is 2.61. The van der Waals surface area contributed by atoms with Gasteiger partial charge in [-0.2, -0.15) is 16.8 Å². The molecule has 0 N–H and O–H groups in total. The second kappa shape index (κ2) is 9.74. The maximum absolute atomic E-state index is 12.7. The molecular weight excluding hydrogens is 436 g/mol. The highest BCUT2D eigenvalue weighted by Crippen LogP contribution is 2.20. The molecule has 0 unspecified atom stereocenters. The zero-order chi connectivity index (χ0) is 22.5. The van der Waals surface area contributed by atoms with Gasteiger partial charge in [-0.3, -0.25) is 8.37 Å². The first kappa shape index (κ1) is 23.1. The first-order valence-electron chi connectivity index (χ1n) is 9.66. The van der Waals surface area contributed by atoms with Crippen molar-refractivity contribution in [1.29, 1.82) is 0 Å². The van der Waals surface area contributed by atoms with E-state index in [0.29, 0.717) is 0 Å². The highest BCUT2D eigenvalue weighted by molar-refractivity contribution is 7.87. The van der Waals surface area contributed by atoms with Crippen LogP contribution in [0.4, 0.5) is 0 Å². The van der Waals surface area contributed by atoms with E-state index in [4.69, 9.17) is 8.37 Å². The van der Waals surface area contributed by atoms with Crippen molar-refractivity contribution >= 4 is 20.2 Å². The van der Waals surface area contributed by atoms with Crippen LogP contribution >= 0.6 is 0 Å². The minimum atomic E-state index is -4.11. The molecule has 0 spiro atoms. The summed E-state index contributed by atoms with van der Waals surface area (Å²) in [6.07, 6.45) is -0.871. The number of rotatable bonds is 9. The molecule has 8 heteroatoms. The molecule has 6 nitrogen and oxygen atoms in total. The van der Waals surface area contributed by atoms with Crippen molar-refractivity contribution in [3.63, 3.8) is 0 Å². The summed E-state index contributed by atoms with van der Waals surface area (Å²) >= 11 is 0. The molecule has 0 heterocycles. The molecule has 0 fully saturated rings. The van der Waals surface area contributed by atoms with Crippen molar-refractivity contribution in [1.82, 2.24) is 0 Å². The van der Waals surface area contributed by atoms with E-state index in [1.165, 1.54) is 24.3 Å². The number of hydrogen-bond acceptors (Lipinski definition) is 6. The van der Waals surface area contributed by atoms with Crippen LogP contribution in [-0.4, -0.2) is 29.5 Å². The summed E-state index contributed by atoms with van der Waals surface area (Å²) in [4.78, 5) is -0.00416. The summed E-state index contributed by atoms with van der Waals surface area (Å²) < 4.78 is 61.2. The van der Waals surface area contributed by atoms with Crippen LogP contribution in [0, 0.1) is 13.8 Å². The zero-order valence-electron chi connectivity index (χ0n) is 17.3. The summed E-state index contributed by atoms with van der Waals surface area (Å²) in [7, 11) is -8.17.